The Labute approximate surface area is 204 Å². The summed E-state index contributed by atoms with van der Waals surface area (Å²) < 4.78 is 5.80. The van der Waals surface area contributed by atoms with Crippen LogP contribution in [0.4, 0.5) is 0 Å². The number of amides is 3. The van der Waals surface area contributed by atoms with Gasteiger partial charge in [0.2, 0.25) is 11.8 Å². The van der Waals surface area contributed by atoms with Gasteiger partial charge in [0.05, 0.1) is 6.04 Å². The average molecular weight is 478 g/mol. The normalized spacial score (nSPS) is 27.1. The molecule has 2 aromatic carbocycles. The van der Waals surface area contributed by atoms with Gasteiger partial charge in [-0.2, -0.15) is 0 Å². The van der Waals surface area contributed by atoms with E-state index in [0.29, 0.717) is 31.5 Å². The van der Waals surface area contributed by atoms with Crippen molar-refractivity contribution < 1.29 is 23.9 Å². The number of fused-ring (bicyclic) bond motifs is 2. The predicted molar refractivity (Wildman–Crippen MR) is 129 cm³/mol. The van der Waals surface area contributed by atoms with Gasteiger partial charge in [-0.3, -0.25) is 14.4 Å². The fraction of sp³-hybridized carbons (Fsp3) is 0.481. The molecule has 184 valence electrons. The highest BCUT2D eigenvalue weighted by molar-refractivity contribution is 5.92. The molecule has 3 amide bonds. The molecule has 8 nitrogen and oxygen atoms in total. The zero-order valence-electron chi connectivity index (χ0n) is 20.0. The van der Waals surface area contributed by atoms with Crippen molar-refractivity contribution in [3.63, 3.8) is 0 Å². The van der Waals surface area contributed by atoms with Gasteiger partial charge in [-0.25, -0.2) is 0 Å². The summed E-state index contributed by atoms with van der Waals surface area (Å²) in [5, 5.41) is 7.68. The summed E-state index contributed by atoms with van der Waals surface area (Å²) in [6.07, 6.45) is 1.60. The number of rotatable bonds is 8. The molecule has 2 aliphatic heterocycles. The van der Waals surface area contributed by atoms with Crippen LogP contribution in [-0.4, -0.2) is 60.7 Å². The van der Waals surface area contributed by atoms with Crippen molar-refractivity contribution in [1.29, 1.82) is 0 Å². The van der Waals surface area contributed by atoms with Crippen molar-refractivity contribution in [2.75, 3.05) is 19.7 Å². The van der Waals surface area contributed by atoms with Crippen LogP contribution in [0.5, 0.6) is 5.75 Å². The van der Waals surface area contributed by atoms with Crippen LogP contribution in [0.3, 0.4) is 0 Å². The van der Waals surface area contributed by atoms with E-state index < -0.39 is 12.1 Å². The quantitative estimate of drug-likeness (QED) is 0.565. The third kappa shape index (κ3) is 4.37. The summed E-state index contributed by atoms with van der Waals surface area (Å²) in [5.41, 5.74) is -0.0417. The van der Waals surface area contributed by atoms with Crippen LogP contribution in [0.1, 0.15) is 26.7 Å². The highest BCUT2D eigenvalue weighted by Crippen LogP contribution is 2.64. The fourth-order valence-electron chi connectivity index (χ4n) is 5.92. The molecule has 0 radical (unpaired) electrons. The molecule has 0 spiro atoms. The van der Waals surface area contributed by atoms with E-state index in [1.165, 1.54) is 0 Å². The average Bonchev–Trinajstić information content (AvgIpc) is 3.21. The molecule has 2 heterocycles. The minimum absolute atomic E-state index is 0.0363. The SMILES string of the molecule is CC1(C)[C@@H]2C(C(=O)N[C@H](C=O)C[C@@H]3CCNC3=O)N(C(=O)COc3ccc4ccccc4c3)C[C@@H]21. The molecule has 0 bridgehead atoms. The van der Waals surface area contributed by atoms with Gasteiger partial charge < -0.3 is 25.1 Å². The van der Waals surface area contributed by atoms with Crippen molar-refractivity contribution in [2.24, 2.45) is 23.2 Å². The standard InChI is InChI=1S/C27H31N3O5/c1-27(2)21-13-30(22(32)15-35-20-8-7-16-5-3-4-6-17(16)12-20)24(23(21)27)26(34)29-19(14-31)11-18-9-10-28-25(18)33/h3-8,12,14,18-19,21,23-24H,9-11,13,15H2,1-2H3,(H,28,33)(H,29,34)/t18-,19-,21-,23-,24?/m0/s1. The monoisotopic (exact) mass is 477 g/mol. The van der Waals surface area contributed by atoms with E-state index in [9.17, 15) is 19.2 Å². The first-order chi connectivity index (χ1) is 16.8. The number of carbonyl (C=O) groups excluding carboxylic acids is 4. The minimum Gasteiger partial charge on any atom is -0.484 e. The van der Waals surface area contributed by atoms with Gasteiger partial charge in [0.25, 0.3) is 5.91 Å². The molecule has 35 heavy (non-hydrogen) atoms. The second-order valence-electron chi connectivity index (χ2n) is 10.5. The van der Waals surface area contributed by atoms with Crippen LogP contribution < -0.4 is 15.4 Å². The molecule has 8 heteroatoms. The number of aldehydes is 1. The molecule has 2 saturated heterocycles. The molecule has 2 N–H and O–H groups in total. The molecule has 5 atom stereocenters. The highest BCUT2D eigenvalue weighted by Gasteiger charge is 2.69. The topological polar surface area (TPSA) is 105 Å². The van der Waals surface area contributed by atoms with Crippen LogP contribution >= 0.6 is 0 Å². The lowest BCUT2D eigenvalue weighted by atomic mass is 9.97. The molecule has 3 fully saturated rings. The molecule has 5 rings (SSSR count). The maximum Gasteiger partial charge on any atom is 0.261 e. The Morgan fingerprint density at radius 3 is 2.71 bits per heavy atom. The summed E-state index contributed by atoms with van der Waals surface area (Å²) in [5.74, 6) is -0.0898. The number of hydrogen-bond donors (Lipinski definition) is 2. The summed E-state index contributed by atoms with van der Waals surface area (Å²) in [4.78, 5) is 51.7. The van der Waals surface area contributed by atoms with Crippen LogP contribution in [0, 0.1) is 23.2 Å². The summed E-state index contributed by atoms with van der Waals surface area (Å²) in [6, 6.07) is 12.2. The van der Waals surface area contributed by atoms with Gasteiger partial charge in [0.1, 0.15) is 18.1 Å². The van der Waals surface area contributed by atoms with Crippen molar-refractivity contribution in [2.45, 2.75) is 38.8 Å². The second kappa shape index (κ2) is 8.98. The predicted octanol–water partition coefficient (Wildman–Crippen LogP) is 1.91. The van der Waals surface area contributed by atoms with Gasteiger partial charge >= 0.3 is 0 Å². The lowest BCUT2D eigenvalue weighted by Crippen LogP contribution is -2.53. The number of carbonyl (C=O) groups is 4. The third-order valence-electron chi connectivity index (χ3n) is 8.07. The van der Waals surface area contributed by atoms with E-state index in [1.54, 1.807) is 4.90 Å². The molecule has 2 aromatic rings. The van der Waals surface area contributed by atoms with E-state index in [-0.39, 0.29) is 53.9 Å². The van der Waals surface area contributed by atoms with Crippen LogP contribution in [0.2, 0.25) is 0 Å². The Kier molecular flexibility index (Phi) is 5.99. The van der Waals surface area contributed by atoms with Gasteiger partial charge in [0.15, 0.2) is 6.61 Å². The minimum atomic E-state index is -0.761. The van der Waals surface area contributed by atoms with Crippen molar-refractivity contribution >= 4 is 34.8 Å². The third-order valence-corrected chi connectivity index (χ3v) is 8.07. The Morgan fingerprint density at radius 1 is 1.23 bits per heavy atom. The Hall–Kier alpha value is -3.42. The van der Waals surface area contributed by atoms with Crippen molar-refractivity contribution in [3.05, 3.63) is 42.5 Å². The maximum atomic E-state index is 13.3. The molecule has 3 aliphatic rings. The van der Waals surface area contributed by atoms with Gasteiger partial charge in [-0.05, 0) is 53.0 Å². The molecule has 1 unspecified atom stereocenters. The lowest BCUT2D eigenvalue weighted by molar-refractivity contribution is -0.142. The zero-order valence-corrected chi connectivity index (χ0v) is 20.0. The van der Waals surface area contributed by atoms with E-state index >= 15 is 0 Å². The summed E-state index contributed by atoms with van der Waals surface area (Å²) in [7, 11) is 0. The van der Waals surface area contributed by atoms with Crippen LogP contribution in [0.15, 0.2) is 42.5 Å². The maximum absolute atomic E-state index is 13.3. The molecule has 1 aliphatic carbocycles. The molecular weight excluding hydrogens is 446 g/mol. The van der Waals surface area contributed by atoms with Crippen molar-refractivity contribution in [1.82, 2.24) is 15.5 Å². The first-order valence-electron chi connectivity index (χ1n) is 12.2. The number of hydrogen-bond acceptors (Lipinski definition) is 5. The smallest absolute Gasteiger partial charge is 0.261 e. The number of nitrogens with one attached hydrogen (secondary N) is 2. The first-order valence-corrected chi connectivity index (χ1v) is 12.2. The highest BCUT2D eigenvalue weighted by atomic mass is 16.5. The van der Waals surface area contributed by atoms with Crippen LogP contribution in [0.25, 0.3) is 10.8 Å². The van der Waals surface area contributed by atoms with Gasteiger partial charge in [0, 0.05) is 19.0 Å². The van der Waals surface area contributed by atoms with E-state index in [1.807, 2.05) is 42.5 Å². The fourth-order valence-corrected chi connectivity index (χ4v) is 5.92. The number of piperidine rings is 1. The molecule has 1 saturated carbocycles. The number of ether oxygens (including phenoxy) is 1. The van der Waals surface area contributed by atoms with E-state index in [2.05, 4.69) is 24.5 Å². The zero-order chi connectivity index (χ0) is 24.7. The Bertz CT molecular complexity index is 1180. The Balaban J connectivity index is 1.25. The molecular formula is C27H31N3O5. The largest absolute Gasteiger partial charge is 0.484 e. The lowest BCUT2D eigenvalue weighted by Gasteiger charge is -2.31. The summed E-state index contributed by atoms with van der Waals surface area (Å²) >= 11 is 0. The van der Waals surface area contributed by atoms with Crippen molar-refractivity contribution in [3.8, 4) is 5.75 Å². The molecule has 0 aromatic heterocycles. The summed E-state index contributed by atoms with van der Waals surface area (Å²) in [6.45, 7) is 5.13. The number of likely N-dealkylation sites (tertiary alicyclic amines) is 1. The van der Waals surface area contributed by atoms with Crippen LogP contribution in [-0.2, 0) is 19.2 Å². The van der Waals surface area contributed by atoms with E-state index in [4.69, 9.17) is 4.74 Å². The number of benzene rings is 2. The Morgan fingerprint density at radius 2 is 2.00 bits per heavy atom. The van der Waals surface area contributed by atoms with Gasteiger partial charge in [-0.1, -0.05) is 44.2 Å². The second-order valence-corrected chi connectivity index (χ2v) is 10.5. The first kappa shape index (κ1) is 23.3. The van der Waals surface area contributed by atoms with Gasteiger partial charge in [-0.15, -0.1) is 0 Å². The number of nitrogens with zero attached hydrogens (tertiary/aromatic N) is 1. The van der Waals surface area contributed by atoms with E-state index in [0.717, 1.165) is 10.8 Å².